The van der Waals surface area contributed by atoms with Gasteiger partial charge in [-0.3, -0.25) is 9.59 Å². The Labute approximate surface area is 161 Å². The molecular weight excluding hydrogens is 397 g/mol. The highest BCUT2D eigenvalue weighted by molar-refractivity contribution is 7.89. The van der Waals surface area contributed by atoms with Crippen LogP contribution in [0, 0.1) is 5.82 Å². The van der Waals surface area contributed by atoms with Crippen LogP contribution in [0.2, 0.25) is 5.02 Å². The van der Waals surface area contributed by atoms with Gasteiger partial charge in [-0.15, -0.1) is 0 Å². The number of pyridine rings is 1. The van der Waals surface area contributed by atoms with Crippen LogP contribution in [0.25, 0.3) is 0 Å². The zero-order valence-electron chi connectivity index (χ0n) is 14.8. The fourth-order valence-electron chi connectivity index (χ4n) is 2.44. The molecule has 7 nitrogen and oxygen atoms in total. The van der Waals surface area contributed by atoms with Gasteiger partial charge in [-0.2, -0.15) is 4.31 Å². The van der Waals surface area contributed by atoms with E-state index in [1.165, 1.54) is 28.6 Å². The Bertz CT molecular complexity index is 1000. The Morgan fingerprint density at radius 2 is 1.89 bits per heavy atom. The average Bonchev–Trinajstić information content (AvgIpc) is 2.61. The molecule has 0 aliphatic heterocycles. The molecule has 0 saturated heterocycles. The number of hydrogen-bond donors (Lipinski definition) is 1. The summed E-state index contributed by atoms with van der Waals surface area (Å²) in [5, 5.41) is 2.16. The third-order valence-corrected chi connectivity index (χ3v) is 6.16. The van der Waals surface area contributed by atoms with E-state index in [4.69, 9.17) is 11.6 Å². The van der Waals surface area contributed by atoms with Crippen molar-refractivity contribution in [2.24, 2.45) is 0 Å². The molecule has 2 aromatic rings. The first-order valence-electron chi connectivity index (χ1n) is 8.15. The number of halogens is 2. The van der Waals surface area contributed by atoms with Gasteiger partial charge in [0.2, 0.25) is 15.9 Å². The first-order valence-corrected chi connectivity index (χ1v) is 9.97. The number of aromatic nitrogens is 1. The highest BCUT2D eigenvalue weighted by Crippen LogP contribution is 2.22. The summed E-state index contributed by atoms with van der Waals surface area (Å²) >= 11 is 5.66. The van der Waals surface area contributed by atoms with Gasteiger partial charge in [0.25, 0.3) is 5.56 Å². The molecule has 0 atom stereocenters. The van der Waals surface area contributed by atoms with Crippen molar-refractivity contribution in [2.45, 2.75) is 25.3 Å². The van der Waals surface area contributed by atoms with Crippen molar-refractivity contribution in [1.29, 1.82) is 0 Å². The van der Waals surface area contributed by atoms with E-state index in [2.05, 4.69) is 5.32 Å². The monoisotopic (exact) mass is 415 g/mol. The van der Waals surface area contributed by atoms with Gasteiger partial charge in [0.15, 0.2) is 5.82 Å². The quantitative estimate of drug-likeness (QED) is 0.751. The van der Waals surface area contributed by atoms with Gasteiger partial charge in [-0.25, -0.2) is 12.8 Å². The standard InChI is InChI=1S/C17H19ClFN3O4S/c1-3-22(4-2)27(25,26)12-8-9-16(24)21(10-12)11-15(23)20-14-7-5-6-13(18)17(14)19/h5-10H,3-4,11H2,1-2H3,(H,20,23). The fraction of sp³-hybridized carbons (Fsp3) is 0.294. The summed E-state index contributed by atoms with van der Waals surface area (Å²) in [5.74, 6) is -1.49. The first kappa shape index (κ1) is 21.1. The summed E-state index contributed by atoms with van der Waals surface area (Å²) < 4.78 is 41.2. The number of nitrogens with zero attached hydrogens (tertiary/aromatic N) is 2. The minimum absolute atomic E-state index is 0.104. The molecular formula is C17H19ClFN3O4S. The summed E-state index contributed by atoms with van der Waals surface area (Å²) in [6, 6.07) is 6.39. The first-order chi connectivity index (χ1) is 12.7. The van der Waals surface area contributed by atoms with Crippen LogP contribution in [-0.4, -0.2) is 36.3 Å². The van der Waals surface area contributed by atoms with Gasteiger partial charge < -0.3 is 9.88 Å². The molecule has 10 heteroatoms. The van der Waals surface area contributed by atoms with Crippen molar-refractivity contribution < 1.29 is 17.6 Å². The lowest BCUT2D eigenvalue weighted by Gasteiger charge is -2.19. The Balaban J connectivity index is 2.28. The largest absolute Gasteiger partial charge is 0.322 e. The minimum Gasteiger partial charge on any atom is -0.322 e. The van der Waals surface area contributed by atoms with Crippen LogP contribution in [-0.2, 0) is 21.4 Å². The van der Waals surface area contributed by atoms with Gasteiger partial charge in [0, 0.05) is 25.4 Å². The van der Waals surface area contributed by atoms with E-state index in [0.29, 0.717) is 0 Å². The van der Waals surface area contributed by atoms with Crippen molar-refractivity contribution in [3.8, 4) is 0 Å². The summed E-state index contributed by atoms with van der Waals surface area (Å²) in [7, 11) is -3.78. The maximum absolute atomic E-state index is 13.9. The van der Waals surface area contributed by atoms with E-state index in [9.17, 15) is 22.4 Å². The predicted octanol–water partition coefficient (Wildman–Crippen LogP) is 2.31. The zero-order valence-corrected chi connectivity index (χ0v) is 16.3. The fourth-order valence-corrected chi connectivity index (χ4v) is 4.10. The van der Waals surface area contributed by atoms with E-state index in [1.54, 1.807) is 13.8 Å². The lowest BCUT2D eigenvalue weighted by molar-refractivity contribution is -0.116. The highest BCUT2D eigenvalue weighted by atomic mass is 35.5. The molecule has 1 N–H and O–H groups in total. The number of carbonyl (C=O) groups excluding carboxylic acids is 1. The Kier molecular flexibility index (Phi) is 6.74. The molecule has 2 rings (SSSR count). The molecule has 0 spiro atoms. The Hall–Kier alpha value is -2.23. The number of sulfonamides is 1. The average molecular weight is 416 g/mol. The second-order valence-electron chi connectivity index (χ2n) is 5.57. The maximum Gasteiger partial charge on any atom is 0.251 e. The molecule has 1 aromatic heterocycles. The molecule has 1 amide bonds. The molecule has 0 radical (unpaired) electrons. The molecule has 0 unspecified atom stereocenters. The number of nitrogens with one attached hydrogen (secondary N) is 1. The van der Waals surface area contributed by atoms with E-state index in [-0.39, 0.29) is 28.7 Å². The number of anilines is 1. The number of hydrogen-bond acceptors (Lipinski definition) is 4. The SMILES string of the molecule is CCN(CC)S(=O)(=O)c1ccc(=O)n(CC(=O)Nc2cccc(Cl)c2F)c1. The van der Waals surface area contributed by atoms with Crippen molar-refractivity contribution in [2.75, 3.05) is 18.4 Å². The lowest BCUT2D eigenvalue weighted by Crippen LogP contribution is -2.33. The smallest absolute Gasteiger partial charge is 0.251 e. The lowest BCUT2D eigenvalue weighted by atomic mass is 10.3. The third kappa shape index (κ3) is 4.74. The summed E-state index contributed by atoms with van der Waals surface area (Å²) in [5.41, 5.74) is -0.692. The van der Waals surface area contributed by atoms with Crippen LogP contribution in [0.15, 0.2) is 46.2 Å². The Morgan fingerprint density at radius 1 is 1.22 bits per heavy atom. The molecule has 0 aliphatic rings. The molecule has 1 heterocycles. The number of benzene rings is 1. The van der Waals surface area contributed by atoms with Gasteiger partial charge in [-0.1, -0.05) is 31.5 Å². The number of rotatable bonds is 7. The van der Waals surface area contributed by atoms with Crippen LogP contribution in [0.1, 0.15) is 13.8 Å². The Morgan fingerprint density at radius 3 is 2.52 bits per heavy atom. The van der Waals surface area contributed by atoms with E-state index in [1.807, 2.05) is 0 Å². The third-order valence-electron chi connectivity index (χ3n) is 3.84. The van der Waals surface area contributed by atoms with Crippen molar-refractivity contribution in [3.63, 3.8) is 0 Å². The van der Waals surface area contributed by atoms with Gasteiger partial charge in [0.1, 0.15) is 6.54 Å². The summed E-state index contributed by atoms with van der Waals surface area (Å²) in [6.45, 7) is 3.46. The van der Waals surface area contributed by atoms with E-state index >= 15 is 0 Å². The zero-order chi connectivity index (χ0) is 20.2. The second kappa shape index (κ2) is 8.64. The minimum atomic E-state index is -3.78. The van der Waals surface area contributed by atoms with Crippen LogP contribution in [0.5, 0.6) is 0 Å². The van der Waals surface area contributed by atoms with Gasteiger partial charge in [-0.05, 0) is 18.2 Å². The van der Waals surface area contributed by atoms with Crippen molar-refractivity contribution >= 4 is 33.2 Å². The van der Waals surface area contributed by atoms with Crippen molar-refractivity contribution in [1.82, 2.24) is 8.87 Å². The maximum atomic E-state index is 13.9. The molecule has 0 saturated carbocycles. The molecule has 0 aliphatic carbocycles. The van der Waals surface area contributed by atoms with E-state index < -0.39 is 33.9 Å². The van der Waals surface area contributed by atoms with Crippen LogP contribution in [0.3, 0.4) is 0 Å². The molecule has 1 aromatic carbocycles. The van der Waals surface area contributed by atoms with E-state index in [0.717, 1.165) is 16.8 Å². The van der Waals surface area contributed by atoms with Crippen LogP contribution in [0.4, 0.5) is 10.1 Å². The van der Waals surface area contributed by atoms with Crippen LogP contribution >= 0.6 is 11.6 Å². The summed E-state index contributed by atoms with van der Waals surface area (Å²) in [6.07, 6.45) is 1.10. The molecule has 0 bridgehead atoms. The van der Waals surface area contributed by atoms with Gasteiger partial charge >= 0.3 is 0 Å². The number of carbonyl (C=O) groups is 1. The molecule has 146 valence electrons. The summed E-state index contributed by atoms with van der Waals surface area (Å²) in [4.78, 5) is 24.1. The molecule has 0 fully saturated rings. The number of amides is 1. The van der Waals surface area contributed by atoms with Gasteiger partial charge in [0.05, 0.1) is 15.6 Å². The normalized spacial score (nSPS) is 11.6. The van der Waals surface area contributed by atoms with Crippen LogP contribution < -0.4 is 10.9 Å². The predicted molar refractivity (Wildman–Crippen MR) is 101 cm³/mol. The second-order valence-corrected chi connectivity index (χ2v) is 7.91. The highest BCUT2D eigenvalue weighted by Gasteiger charge is 2.22. The van der Waals surface area contributed by atoms with Crippen molar-refractivity contribution in [3.05, 3.63) is 57.7 Å². The topological polar surface area (TPSA) is 88.5 Å². The molecule has 27 heavy (non-hydrogen) atoms.